The van der Waals surface area contributed by atoms with Crippen LogP contribution in [0.1, 0.15) is 23.2 Å². The van der Waals surface area contributed by atoms with Crippen LogP contribution >= 0.6 is 0 Å². The predicted octanol–water partition coefficient (Wildman–Crippen LogP) is 4.75. The van der Waals surface area contributed by atoms with Crippen molar-refractivity contribution in [2.75, 3.05) is 31.6 Å². The molecule has 2 aliphatic heterocycles. The largest absolute Gasteiger partial charge is 0.493 e. The Balaban J connectivity index is 1.14. The van der Waals surface area contributed by atoms with Gasteiger partial charge in [0.25, 0.3) is 11.8 Å². The molecular weight excluding hydrogens is 435 g/mol. The van der Waals surface area contributed by atoms with E-state index in [1.165, 1.54) is 6.07 Å². The zero-order valence-electron chi connectivity index (χ0n) is 18.6. The van der Waals surface area contributed by atoms with Gasteiger partial charge in [-0.15, -0.1) is 0 Å². The lowest BCUT2D eigenvalue weighted by Gasteiger charge is -2.32. The first kappa shape index (κ1) is 21.9. The van der Waals surface area contributed by atoms with Crippen molar-refractivity contribution in [3.63, 3.8) is 0 Å². The lowest BCUT2D eigenvalue weighted by molar-refractivity contribution is -0.118. The maximum Gasteiger partial charge on any atom is 0.262 e. The minimum atomic E-state index is -0.649. The number of amides is 2. The van der Waals surface area contributed by atoms with E-state index < -0.39 is 5.82 Å². The first-order valence-electron chi connectivity index (χ1n) is 11.4. The van der Waals surface area contributed by atoms with E-state index in [-0.39, 0.29) is 29.7 Å². The Bertz CT molecular complexity index is 1190. The molecule has 0 radical (unpaired) electrons. The molecule has 0 aromatic heterocycles. The summed E-state index contributed by atoms with van der Waals surface area (Å²) in [7, 11) is 0. The van der Waals surface area contributed by atoms with Gasteiger partial charge in [-0.2, -0.15) is 0 Å². The highest BCUT2D eigenvalue weighted by molar-refractivity contribution is 6.00. The number of likely N-dealkylation sites (tertiary alicyclic amines) is 1. The molecule has 0 unspecified atom stereocenters. The van der Waals surface area contributed by atoms with E-state index in [1.54, 1.807) is 4.90 Å². The number of fused-ring (bicyclic) bond motifs is 1. The summed E-state index contributed by atoms with van der Waals surface area (Å²) in [6.07, 6.45) is 1.56. The zero-order chi connectivity index (χ0) is 23.5. The highest BCUT2D eigenvalue weighted by Gasteiger charge is 2.28. The van der Waals surface area contributed by atoms with Crippen molar-refractivity contribution in [3.05, 3.63) is 78.1 Å². The van der Waals surface area contributed by atoms with Crippen LogP contribution in [0, 0.1) is 11.7 Å². The molecule has 2 heterocycles. The highest BCUT2D eigenvalue weighted by Crippen LogP contribution is 2.32. The molecule has 174 valence electrons. The second-order valence-corrected chi connectivity index (χ2v) is 8.60. The number of hydrogen-bond acceptors (Lipinski definition) is 4. The third-order valence-corrected chi connectivity index (χ3v) is 6.28. The second kappa shape index (κ2) is 9.55. The molecule has 2 amide bonds. The van der Waals surface area contributed by atoms with Crippen LogP contribution in [0.3, 0.4) is 0 Å². The number of carbonyl (C=O) groups excluding carboxylic acids is 2. The van der Waals surface area contributed by atoms with Gasteiger partial charge >= 0.3 is 0 Å². The Hall–Kier alpha value is -3.87. The monoisotopic (exact) mass is 460 g/mol. The highest BCUT2D eigenvalue weighted by atomic mass is 19.1. The SMILES string of the molecule is O=C1COc2cc(F)c(C(=O)N3CCC(COc4ccc(-c5ccccc5)cc4)CC3)cc2N1. The van der Waals surface area contributed by atoms with Crippen LogP contribution in [-0.2, 0) is 4.79 Å². The van der Waals surface area contributed by atoms with Gasteiger partial charge < -0.3 is 19.7 Å². The van der Waals surface area contributed by atoms with E-state index >= 15 is 0 Å². The van der Waals surface area contributed by atoms with Crippen molar-refractivity contribution in [1.29, 1.82) is 0 Å². The molecule has 1 N–H and O–H groups in total. The number of halogens is 1. The third-order valence-electron chi connectivity index (χ3n) is 6.28. The summed E-state index contributed by atoms with van der Waals surface area (Å²) >= 11 is 0. The normalized spacial score (nSPS) is 15.8. The fourth-order valence-electron chi connectivity index (χ4n) is 4.33. The summed E-state index contributed by atoms with van der Waals surface area (Å²) in [6.45, 7) is 1.47. The van der Waals surface area contributed by atoms with E-state index in [2.05, 4.69) is 17.4 Å². The number of benzene rings is 3. The number of hydrogen-bond donors (Lipinski definition) is 1. The summed E-state index contributed by atoms with van der Waals surface area (Å²) in [5, 5.41) is 2.62. The Morgan fingerprint density at radius 3 is 2.47 bits per heavy atom. The molecule has 0 bridgehead atoms. The van der Waals surface area contributed by atoms with Crippen molar-refractivity contribution < 1.29 is 23.5 Å². The van der Waals surface area contributed by atoms with Crippen LogP contribution in [0.25, 0.3) is 11.1 Å². The second-order valence-electron chi connectivity index (χ2n) is 8.60. The quantitative estimate of drug-likeness (QED) is 0.597. The number of rotatable bonds is 5. The zero-order valence-corrected chi connectivity index (χ0v) is 18.6. The van der Waals surface area contributed by atoms with Gasteiger partial charge in [0.05, 0.1) is 17.9 Å². The lowest BCUT2D eigenvalue weighted by Crippen LogP contribution is -2.40. The molecule has 0 spiro atoms. The van der Waals surface area contributed by atoms with Crippen LogP contribution in [0.4, 0.5) is 10.1 Å². The number of nitrogens with zero attached hydrogens (tertiary/aromatic N) is 1. The van der Waals surface area contributed by atoms with Crippen molar-refractivity contribution >= 4 is 17.5 Å². The van der Waals surface area contributed by atoms with Crippen molar-refractivity contribution in [3.8, 4) is 22.6 Å². The van der Waals surface area contributed by atoms with E-state index in [0.29, 0.717) is 31.3 Å². The van der Waals surface area contributed by atoms with Crippen LogP contribution in [0.15, 0.2) is 66.7 Å². The molecule has 0 atom stereocenters. The molecule has 34 heavy (non-hydrogen) atoms. The predicted molar refractivity (Wildman–Crippen MR) is 127 cm³/mol. The molecule has 1 fully saturated rings. The number of ether oxygens (including phenoxy) is 2. The molecule has 6 nitrogen and oxygen atoms in total. The van der Waals surface area contributed by atoms with Crippen LogP contribution < -0.4 is 14.8 Å². The number of carbonyl (C=O) groups is 2. The Morgan fingerprint density at radius 1 is 1.03 bits per heavy atom. The average Bonchev–Trinajstić information content (AvgIpc) is 2.88. The van der Waals surface area contributed by atoms with Gasteiger partial charge in [-0.3, -0.25) is 9.59 Å². The van der Waals surface area contributed by atoms with E-state index in [1.807, 2.05) is 42.5 Å². The first-order valence-corrected chi connectivity index (χ1v) is 11.4. The maximum atomic E-state index is 14.5. The minimum absolute atomic E-state index is 0.0576. The van der Waals surface area contributed by atoms with E-state index in [9.17, 15) is 14.0 Å². The standard InChI is InChI=1S/C27H25FN2O4/c28-23-15-25-24(29-26(31)17-34-25)14-22(23)27(32)30-12-10-18(11-13-30)16-33-21-8-6-20(7-9-21)19-4-2-1-3-5-19/h1-9,14-15,18H,10-13,16-17H2,(H,29,31). The summed E-state index contributed by atoms with van der Waals surface area (Å²) in [4.78, 5) is 26.1. The van der Waals surface area contributed by atoms with Crippen molar-refractivity contribution in [1.82, 2.24) is 4.90 Å². The van der Waals surface area contributed by atoms with Gasteiger partial charge in [0.2, 0.25) is 0 Å². The number of anilines is 1. The smallest absolute Gasteiger partial charge is 0.262 e. The van der Waals surface area contributed by atoms with Gasteiger partial charge in [-0.05, 0) is 48.1 Å². The first-order chi connectivity index (χ1) is 16.6. The fourth-order valence-corrected chi connectivity index (χ4v) is 4.33. The summed E-state index contributed by atoms with van der Waals surface area (Å²) in [5.74, 6) is 0.0205. The minimum Gasteiger partial charge on any atom is -0.493 e. The molecule has 7 heteroatoms. The molecule has 2 aliphatic rings. The Labute approximate surface area is 197 Å². The molecule has 1 saturated heterocycles. The number of piperidine rings is 1. The third kappa shape index (κ3) is 4.73. The molecular formula is C27H25FN2O4. The van der Waals surface area contributed by atoms with Crippen LogP contribution in [0.5, 0.6) is 11.5 Å². The molecule has 5 rings (SSSR count). The summed E-state index contributed by atoms with van der Waals surface area (Å²) in [5.41, 5.74) is 2.57. The fraction of sp³-hybridized carbons (Fsp3) is 0.259. The van der Waals surface area contributed by atoms with E-state index in [4.69, 9.17) is 9.47 Å². The topological polar surface area (TPSA) is 67.9 Å². The van der Waals surface area contributed by atoms with Gasteiger partial charge in [0, 0.05) is 19.2 Å². The van der Waals surface area contributed by atoms with Gasteiger partial charge in [0.15, 0.2) is 6.61 Å². The molecule has 0 aliphatic carbocycles. The average molecular weight is 461 g/mol. The van der Waals surface area contributed by atoms with Gasteiger partial charge in [-0.1, -0.05) is 42.5 Å². The molecule has 0 saturated carbocycles. The Kier molecular flexibility index (Phi) is 6.16. The number of nitrogens with one attached hydrogen (secondary N) is 1. The maximum absolute atomic E-state index is 14.5. The summed E-state index contributed by atoms with van der Waals surface area (Å²) < 4.78 is 25.7. The Morgan fingerprint density at radius 2 is 1.74 bits per heavy atom. The van der Waals surface area contributed by atoms with Crippen molar-refractivity contribution in [2.45, 2.75) is 12.8 Å². The lowest BCUT2D eigenvalue weighted by atomic mass is 9.97. The molecule has 3 aromatic carbocycles. The van der Waals surface area contributed by atoms with E-state index in [0.717, 1.165) is 35.8 Å². The van der Waals surface area contributed by atoms with Gasteiger partial charge in [0.1, 0.15) is 17.3 Å². The van der Waals surface area contributed by atoms with Crippen molar-refractivity contribution in [2.24, 2.45) is 5.92 Å². The van der Waals surface area contributed by atoms with Gasteiger partial charge in [-0.25, -0.2) is 4.39 Å². The molecule has 3 aromatic rings. The van der Waals surface area contributed by atoms with Crippen LogP contribution in [-0.4, -0.2) is 43.0 Å². The summed E-state index contributed by atoms with van der Waals surface area (Å²) in [6, 6.07) is 20.7. The van der Waals surface area contributed by atoms with Crippen LogP contribution in [0.2, 0.25) is 0 Å².